The SMILES string of the molecule is CC(C)(CN)S(=O)(=O)c1ccnn1C(F)F. The topological polar surface area (TPSA) is 78.0 Å². The highest BCUT2D eigenvalue weighted by Gasteiger charge is 2.37. The molecular weight excluding hydrogens is 240 g/mol. The van der Waals surface area contributed by atoms with Crippen molar-refractivity contribution in [1.82, 2.24) is 9.78 Å². The molecule has 0 spiro atoms. The molecule has 1 rings (SSSR count). The Kier molecular flexibility index (Phi) is 3.34. The Labute approximate surface area is 92.2 Å². The molecule has 0 aliphatic rings. The summed E-state index contributed by atoms with van der Waals surface area (Å²) in [5, 5.41) is 2.76. The quantitative estimate of drug-likeness (QED) is 0.860. The molecule has 16 heavy (non-hydrogen) atoms. The van der Waals surface area contributed by atoms with Gasteiger partial charge in [0.15, 0.2) is 5.03 Å². The third-order valence-corrected chi connectivity index (χ3v) is 4.81. The van der Waals surface area contributed by atoms with Gasteiger partial charge in [0.1, 0.15) is 0 Å². The van der Waals surface area contributed by atoms with Crippen LogP contribution in [0.3, 0.4) is 0 Å². The molecule has 0 amide bonds. The molecule has 1 aromatic rings. The van der Waals surface area contributed by atoms with Crippen LogP contribution in [-0.2, 0) is 9.84 Å². The molecule has 0 bridgehead atoms. The molecule has 0 aliphatic heterocycles. The van der Waals surface area contributed by atoms with Crippen LogP contribution in [0.5, 0.6) is 0 Å². The summed E-state index contributed by atoms with van der Waals surface area (Å²) >= 11 is 0. The smallest absolute Gasteiger partial charge is 0.329 e. The number of nitrogens with zero attached hydrogens (tertiary/aromatic N) is 2. The Morgan fingerprint density at radius 1 is 1.56 bits per heavy atom. The second-order valence-electron chi connectivity index (χ2n) is 3.86. The van der Waals surface area contributed by atoms with Crippen LogP contribution in [-0.4, -0.2) is 29.5 Å². The first-order chi connectivity index (χ1) is 7.24. The molecule has 0 aromatic carbocycles. The first-order valence-corrected chi connectivity index (χ1v) is 5.98. The number of hydrogen-bond donors (Lipinski definition) is 1. The van der Waals surface area contributed by atoms with E-state index in [0.29, 0.717) is 0 Å². The summed E-state index contributed by atoms with van der Waals surface area (Å²) in [6.45, 7) is -0.395. The van der Waals surface area contributed by atoms with Crippen molar-refractivity contribution in [2.24, 2.45) is 5.73 Å². The van der Waals surface area contributed by atoms with Gasteiger partial charge in [-0.1, -0.05) is 0 Å². The zero-order valence-electron chi connectivity index (χ0n) is 8.89. The lowest BCUT2D eigenvalue weighted by molar-refractivity contribution is 0.0467. The molecule has 92 valence electrons. The number of aromatic nitrogens is 2. The normalized spacial score (nSPS) is 13.4. The summed E-state index contributed by atoms with van der Waals surface area (Å²) in [4.78, 5) is 0. The molecule has 1 heterocycles. The Balaban J connectivity index is 3.34. The fraction of sp³-hybridized carbons (Fsp3) is 0.625. The van der Waals surface area contributed by atoms with Gasteiger partial charge in [0.25, 0.3) is 0 Å². The molecule has 0 unspecified atom stereocenters. The van der Waals surface area contributed by atoms with Gasteiger partial charge in [-0.15, -0.1) is 0 Å². The largest absolute Gasteiger partial charge is 0.334 e. The maximum Gasteiger partial charge on any atom is 0.334 e. The van der Waals surface area contributed by atoms with Crippen molar-refractivity contribution in [3.05, 3.63) is 12.3 Å². The Morgan fingerprint density at radius 3 is 2.56 bits per heavy atom. The van der Waals surface area contributed by atoms with Crippen LogP contribution >= 0.6 is 0 Å². The highest BCUT2D eigenvalue weighted by molar-refractivity contribution is 7.92. The van der Waals surface area contributed by atoms with Gasteiger partial charge in [-0.25, -0.2) is 8.42 Å². The van der Waals surface area contributed by atoms with E-state index in [-0.39, 0.29) is 11.2 Å². The predicted molar refractivity (Wildman–Crippen MR) is 53.8 cm³/mol. The van der Waals surface area contributed by atoms with Gasteiger partial charge < -0.3 is 5.73 Å². The van der Waals surface area contributed by atoms with Crippen molar-refractivity contribution in [3.63, 3.8) is 0 Å². The molecular formula is C8H13F2N3O2S. The van der Waals surface area contributed by atoms with Crippen molar-refractivity contribution >= 4 is 9.84 Å². The monoisotopic (exact) mass is 253 g/mol. The number of rotatable bonds is 4. The minimum atomic E-state index is -3.93. The van der Waals surface area contributed by atoms with E-state index in [1.165, 1.54) is 13.8 Å². The average Bonchev–Trinajstić information content (AvgIpc) is 2.66. The Bertz CT molecular complexity index is 467. The lowest BCUT2D eigenvalue weighted by Gasteiger charge is -2.22. The molecule has 2 N–H and O–H groups in total. The number of halogens is 2. The maximum atomic E-state index is 12.5. The van der Waals surface area contributed by atoms with Crippen molar-refractivity contribution in [3.8, 4) is 0 Å². The van der Waals surface area contributed by atoms with E-state index >= 15 is 0 Å². The summed E-state index contributed by atoms with van der Waals surface area (Å²) in [7, 11) is -3.93. The third kappa shape index (κ3) is 1.94. The summed E-state index contributed by atoms with van der Waals surface area (Å²) in [6, 6.07) is 1.04. The maximum absolute atomic E-state index is 12.5. The van der Waals surface area contributed by atoms with Crippen LogP contribution in [0.1, 0.15) is 20.4 Å². The molecule has 5 nitrogen and oxygen atoms in total. The first kappa shape index (κ1) is 13.0. The second-order valence-corrected chi connectivity index (χ2v) is 6.39. The van der Waals surface area contributed by atoms with E-state index in [4.69, 9.17) is 5.73 Å². The van der Waals surface area contributed by atoms with Crippen molar-refractivity contribution in [2.45, 2.75) is 30.2 Å². The highest BCUT2D eigenvalue weighted by Crippen LogP contribution is 2.26. The zero-order chi connectivity index (χ0) is 12.6. The fourth-order valence-corrected chi connectivity index (χ4v) is 2.45. The van der Waals surface area contributed by atoms with E-state index in [9.17, 15) is 17.2 Å². The van der Waals surface area contributed by atoms with Gasteiger partial charge in [0.05, 0.1) is 10.9 Å². The van der Waals surface area contributed by atoms with Gasteiger partial charge in [-0.3, -0.25) is 0 Å². The minimum absolute atomic E-state index is 0.163. The van der Waals surface area contributed by atoms with E-state index < -0.39 is 26.2 Å². The van der Waals surface area contributed by atoms with Gasteiger partial charge in [0, 0.05) is 6.54 Å². The van der Waals surface area contributed by atoms with Crippen LogP contribution in [0.2, 0.25) is 0 Å². The number of alkyl halides is 2. The molecule has 0 saturated carbocycles. The summed E-state index contributed by atoms with van der Waals surface area (Å²) in [5.74, 6) is 0. The number of nitrogens with two attached hydrogens (primary N) is 1. The standard InChI is InChI=1S/C8H13F2N3O2S/c1-8(2,5-11)16(14,15)6-3-4-12-13(6)7(9)10/h3-4,7H,5,11H2,1-2H3. The number of sulfone groups is 1. The van der Waals surface area contributed by atoms with Crippen LogP contribution in [0.25, 0.3) is 0 Å². The molecule has 0 saturated heterocycles. The van der Waals surface area contributed by atoms with Gasteiger partial charge in [-0.05, 0) is 19.9 Å². The molecule has 0 aliphatic carbocycles. The summed E-state index contributed by atoms with van der Waals surface area (Å²) < 4.78 is 47.8. The Hall–Kier alpha value is -1.02. The van der Waals surface area contributed by atoms with E-state index in [0.717, 1.165) is 12.3 Å². The fourth-order valence-electron chi connectivity index (χ4n) is 1.05. The number of hydrogen-bond acceptors (Lipinski definition) is 4. The Morgan fingerprint density at radius 2 is 2.12 bits per heavy atom. The van der Waals surface area contributed by atoms with Gasteiger partial charge in [0.2, 0.25) is 9.84 Å². The first-order valence-electron chi connectivity index (χ1n) is 4.50. The van der Waals surface area contributed by atoms with E-state index in [2.05, 4.69) is 5.10 Å². The van der Waals surface area contributed by atoms with E-state index in [1.807, 2.05) is 0 Å². The zero-order valence-corrected chi connectivity index (χ0v) is 9.71. The third-order valence-electron chi connectivity index (χ3n) is 2.31. The van der Waals surface area contributed by atoms with Crippen LogP contribution in [0.4, 0.5) is 8.78 Å². The molecule has 0 radical (unpaired) electrons. The molecule has 0 atom stereocenters. The second kappa shape index (κ2) is 4.10. The lowest BCUT2D eigenvalue weighted by Crippen LogP contribution is -2.40. The van der Waals surface area contributed by atoms with E-state index in [1.54, 1.807) is 0 Å². The van der Waals surface area contributed by atoms with Crippen LogP contribution in [0, 0.1) is 0 Å². The van der Waals surface area contributed by atoms with Crippen molar-refractivity contribution < 1.29 is 17.2 Å². The van der Waals surface area contributed by atoms with Crippen molar-refractivity contribution in [2.75, 3.05) is 6.54 Å². The molecule has 0 fully saturated rings. The summed E-state index contributed by atoms with van der Waals surface area (Å²) in [5.41, 5.74) is 5.33. The molecule has 8 heteroatoms. The average molecular weight is 253 g/mol. The van der Waals surface area contributed by atoms with Crippen molar-refractivity contribution in [1.29, 1.82) is 0 Å². The van der Waals surface area contributed by atoms with Crippen LogP contribution < -0.4 is 5.73 Å². The van der Waals surface area contributed by atoms with Gasteiger partial charge >= 0.3 is 6.55 Å². The molecule has 1 aromatic heterocycles. The highest BCUT2D eigenvalue weighted by atomic mass is 32.2. The van der Waals surface area contributed by atoms with Crippen LogP contribution in [0.15, 0.2) is 17.3 Å². The minimum Gasteiger partial charge on any atom is -0.329 e. The predicted octanol–water partition coefficient (Wildman–Crippen LogP) is 0.789. The lowest BCUT2D eigenvalue weighted by atomic mass is 10.2. The van der Waals surface area contributed by atoms with Gasteiger partial charge in [-0.2, -0.15) is 18.6 Å². The summed E-state index contributed by atoms with van der Waals surface area (Å²) in [6.07, 6.45) is 1.02.